The van der Waals surface area contributed by atoms with Crippen molar-refractivity contribution in [1.82, 2.24) is 0 Å². The van der Waals surface area contributed by atoms with Gasteiger partial charge in [-0.1, -0.05) is 13.8 Å². The van der Waals surface area contributed by atoms with Crippen molar-refractivity contribution < 1.29 is 10.2 Å². The van der Waals surface area contributed by atoms with E-state index in [4.69, 9.17) is 0 Å². The average Bonchev–Trinajstić information content (AvgIpc) is 2.57. The monoisotopic (exact) mass is 374 g/mol. The predicted octanol–water partition coefficient (Wildman–Crippen LogP) is 5.41. The van der Waals surface area contributed by atoms with Crippen LogP contribution < -0.4 is 0 Å². The lowest BCUT2D eigenvalue weighted by Crippen LogP contribution is -2.58. The molecule has 8 aliphatic carbocycles. The first-order chi connectivity index (χ1) is 12.7. The number of rotatable bonds is 2. The summed E-state index contributed by atoms with van der Waals surface area (Å²) in [5.41, 5.74) is -0.574. The maximum atomic E-state index is 11.0. The third kappa shape index (κ3) is 3.12. The first kappa shape index (κ1) is 18.9. The molecule has 0 aromatic rings. The van der Waals surface area contributed by atoms with Crippen LogP contribution in [0, 0.1) is 53.3 Å². The summed E-state index contributed by atoms with van der Waals surface area (Å²) < 4.78 is 0. The zero-order chi connectivity index (χ0) is 19.0. The molecule has 2 heteroatoms. The molecule has 0 aromatic carbocycles. The quantitative estimate of drug-likeness (QED) is 0.678. The molecule has 0 heterocycles. The van der Waals surface area contributed by atoms with E-state index in [1.165, 1.54) is 64.2 Å². The fourth-order valence-corrected chi connectivity index (χ4v) is 9.13. The maximum Gasteiger partial charge on any atom is 0.0706 e. The molecule has 154 valence electrons. The van der Waals surface area contributed by atoms with E-state index in [0.29, 0.717) is 29.6 Å². The fourth-order valence-electron chi connectivity index (χ4n) is 9.13. The third-order valence-electron chi connectivity index (χ3n) is 10.1. The van der Waals surface area contributed by atoms with E-state index in [-0.39, 0.29) is 11.2 Å². The van der Waals surface area contributed by atoms with Gasteiger partial charge in [-0.05, 0) is 131 Å². The largest absolute Gasteiger partial charge is 0.390 e. The van der Waals surface area contributed by atoms with Gasteiger partial charge in [-0.3, -0.25) is 0 Å². The van der Waals surface area contributed by atoms with Crippen LogP contribution in [0.3, 0.4) is 0 Å². The van der Waals surface area contributed by atoms with Crippen molar-refractivity contribution in [2.45, 2.75) is 103 Å². The fraction of sp³-hybridized carbons (Fsp3) is 1.00. The van der Waals surface area contributed by atoms with Gasteiger partial charge in [0.2, 0.25) is 0 Å². The second kappa shape index (κ2) is 6.46. The van der Waals surface area contributed by atoms with E-state index >= 15 is 0 Å². The smallest absolute Gasteiger partial charge is 0.0706 e. The van der Waals surface area contributed by atoms with Crippen LogP contribution in [-0.4, -0.2) is 21.4 Å². The van der Waals surface area contributed by atoms with E-state index in [2.05, 4.69) is 20.8 Å². The van der Waals surface area contributed by atoms with E-state index in [1.807, 2.05) is 0 Å². The van der Waals surface area contributed by atoms with Crippen LogP contribution >= 0.6 is 0 Å². The van der Waals surface area contributed by atoms with Gasteiger partial charge in [0.1, 0.15) is 0 Å². The Hall–Kier alpha value is -0.0800. The number of hydrogen-bond donors (Lipinski definition) is 2. The summed E-state index contributed by atoms with van der Waals surface area (Å²) in [6.45, 7) is 6.59. The number of hydrogen-bond acceptors (Lipinski definition) is 2. The van der Waals surface area contributed by atoms with E-state index in [1.54, 1.807) is 0 Å². The first-order valence-electron chi connectivity index (χ1n) is 12.2. The maximum absolute atomic E-state index is 11.0. The molecule has 8 bridgehead atoms. The Labute approximate surface area is 166 Å². The van der Waals surface area contributed by atoms with Gasteiger partial charge in [0.05, 0.1) is 11.2 Å². The summed E-state index contributed by atoms with van der Waals surface area (Å²) in [4.78, 5) is 0. The topological polar surface area (TPSA) is 40.5 Å². The van der Waals surface area contributed by atoms with Crippen molar-refractivity contribution in [2.24, 2.45) is 53.3 Å². The van der Waals surface area contributed by atoms with Crippen molar-refractivity contribution in [2.75, 3.05) is 0 Å². The van der Waals surface area contributed by atoms with Crippen LogP contribution in [-0.2, 0) is 0 Å². The minimum absolute atomic E-state index is 0.276. The van der Waals surface area contributed by atoms with Crippen molar-refractivity contribution in [1.29, 1.82) is 0 Å². The summed E-state index contributed by atoms with van der Waals surface area (Å²) in [7, 11) is 0. The Bertz CT molecular complexity index is 505. The van der Waals surface area contributed by atoms with Gasteiger partial charge in [0.25, 0.3) is 0 Å². The Kier molecular flexibility index (Phi) is 4.53. The van der Waals surface area contributed by atoms with Gasteiger partial charge >= 0.3 is 0 Å². The minimum atomic E-state index is -0.298. The summed E-state index contributed by atoms with van der Waals surface area (Å²) in [6, 6.07) is 0. The molecule has 0 aliphatic heterocycles. The van der Waals surface area contributed by atoms with Crippen molar-refractivity contribution in [3.63, 3.8) is 0 Å². The average molecular weight is 375 g/mol. The third-order valence-corrected chi connectivity index (χ3v) is 10.1. The van der Waals surface area contributed by atoms with Crippen LogP contribution in [0.25, 0.3) is 0 Å². The summed E-state index contributed by atoms with van der Waals surface area (Å²) in [5, 5.41) is 21.3. The standard InChI is InChI=1S/C14H24O.C11H18O/c1-9(2)8-14(15)12-4-10-3-11(6-12)7-13(14)5-10;1-11(12)9-3-7-2-8(5-9)6-10(11)4-7/h9-13,15H,3-8H2,1-2H3;7-10,12H,2-6H2,1H3. The lowest BCUT2D eigenvalue weighted by Gasteiger charge is -2.59. The van der Waals surface area contributed by atoms with Crippen molar-refractivity contribution >= 4 is 0 Å². The molecule has 0 saturated heterocycles. The van der Waals surface area contributed by atoms with Crippen LogP contribution in [0.5, 0.6) is 0 Å². The molecule has 8 aliphatic rings. The summed E-state index contributed by atoms with van der Waals surface area (Å²) >= 11 is 0. The highest BCUT2D eigenvalue weighted by atomic mass is 16.3. The molecule has 0 aromatic heterocycles. The van der Waals surface area contributed by atoms with Crippen LogP contribution in [0.15, 0.2) is 0 Å². The molecule has 27 heavy (non-hydrogen) atoms. The predicted molar refractivity (Wildman–Crippen MR) is 109 cm³/mol. The zero-order valence-electron chi connectivity index (χ0n) is 17.9. The van der Waals surface area contributed by atoms with Crippen molar-refractivity contribution in [3.8, 4) is 0 Å². The first-order valence-corrected chi connectivity index (χ1v) is 12.2. The van der Waals surface area contributed by atoms with Gasteiger partial charge in [-0.2, -0.15) is 0 Å². The Morgan fingerprint density at radius 3 is 1.30 bits per heavy atom. The molecular formula is C25H42O2. The van der Waals surface area contributed by atoms with Crippen LogP contribution in [0.2, 0.25) is 0 Å². The van der Waals surface area contributed by atoms with E-state index < -0.39 is 0 Å². The molecule has 2 N–H and O–H groups in total. The Morgan fingerprint density at radius 1 is 0.630 bits per heavy atom. The van der Waals surface area contributed by atoms with Gasteiger partial charge in [0, 0.05) is 0 Å². The Morgan fingerprint density at radius 2 is 0.963 bits per heavy atom. The second-order valence-corrected chi connectivity index (χ2v) is 12.4. The van der Waals surface area contributed by atoms with Crippen LogP contribution in [0.4, 0.5) is 0 Å². The number of aliphatic hydroxyl groups is 2. The van der Waals surface area contributed by atoms with Gasteiger partial charge in [-0.25, -0.2) is 0 Å². The summed E-state index contributed by atoms with van der Waals surface area (Å²) in [5.74, 6) is 7.14. The van der Waals surface area contributed by atoms with Gasteiger partial charge in [0.15, 0.2) is 0 Å². The highest BCUT2D eigenvalue weighted by Gasteiger charge is 2.56. The molecule has 0 spiro atoms. The molecular weight excluding hydrogens is 332 g/mol. The summed E-state index contributed by atoms with van der Waals surface area (Å²) in [6.07, 6.45) is 14.6. The lowest BCUT2D eigenvalue weighted by atomic mass is 9.48. The normalized spacial score (nSPS) is 57.1. The van der Waals surface area contributed by atoms with Crippen molar-refractivity contribution in [3.05, 3.63) is 0 Å². The second-order valence-electron chi connectivity index (χ2n) is 12.4. The molecule has 2 nitrogen and oxygen atoms in total. The van der Waals surface area contributed by atoms with E-state index in [0.717, 1.165) is 30.1 Å². The molecule has 0 unspecified atom stereocenters. The van der Waals surface area contributed by atoms with E-state index in [9.17, 15) is 10.2 Å². The molecule has 8 fully saturated rings. The molecule has 8 rings (SSSR count). The Balaban J connectivity index is 0.000000121. The molecule has 0 radical (unpaired) electrons. The highest BCUT2D eigenvalue weighted by molar-refractivity contribution is 5.07. The molecule has 0 atom stereocenters. The van der Waals surface area contributed by atoms with Gasteiger partial charge < -0.3 is 10.2 Å². The highest BCUT2D eigenvalue weighted by Crippen LogP contribution is 2.60. The van der Waals surface area contributed by atoms with Gasteiger partial charge in [-0.15, -0.1) is 0 Å². The SMILES string of the molecule is CC(C)CC1(O)C2CC3CC(C2)CC1C3.CC1(O)C2CC3CC(C2)CC1C3. The molecule has 8 saturated carbocycles. The van der Waals surface area contributed by atoms with Crippen LogP contribution in [0.1, 0.15) is 91.4 Å². The zero-order valence-corrected chi connectivity index (χ0v) is 17.9. The lowest BCUT2D eigenvalue weighted by molar-refractivity contribution is -0.180. The minimum Gasteiger partial charge on any atom is -0.390 e. The molecule has 0 amide bonds.